The van der Waals surface area contributed by atoms with Crippen molar-refractivity contribution in [2.45, 2.75) is 64.7 Å². The Labute approximate surface area is 155 Å². The van der Waals surface area contributed by atoms with Crippen LogP contribution in [-0.4, -0.2) is 38.7 Å². The van der Waals surface area contributed by atoms with Gasteiger partial charge in [-0.05, 0) is 32.1 Å². The minimum absolute atomic E-state index is 0.0826. The molecule has 4 N–H and O–H groups in total. The second kappa shape index (κ2) is 7.57. The maximum absolute atomic E-state index is 12.7. The van der Waals surface area contributed by atoms with E-state index >= 15 is 0 Å². The van der Waals surface area contributed by atoms with Crippen LogP contribution in [-0.2, 0) is 18.6 Å². The molecule has 0 aliphatic heterocycles. The van der Waals surface area contributed by atoms with Crippen LogP contribution in [0.3, 0.4) is 0 Å². The van der Waals surface area contributed by atoms with Crippen molar-refractivity contribution in [3.8, 4) is 0 Å². The van der Waals surface area contributed by atoms with Gasteiger partial charge in [0.2, 0.25) is 0 Å². The molecule has 10 heteroatoms. The lowest BCUT2D eigenvalue weighted by Gasteiger charge is -2.57. The molecule has 0 fully saturated rings. The zero-order valence-corrected chi connectivity index (χ0v) is 18.1. The number of methoxy groups -OCH3 is 2. The van der Waals surface area contributed by atoms with E-state index in [9.17, 15) is 28.7 Å². The van der Waals surface area contributed by atoms with Gasteiger partial charge in [-0.15, -0.1) is 0 Å². The Morgan fingerprint density at radius 3 is 1.42 bits per heavy atom. The summed E-state index contributed by atoms with van der Waals surface area (Å²) in [6.45, 7) is 6.93. The molecule has 0 amide bonds. The molecule has 0 spiro atoms. The third-order valence-corrected chi connectivity index (χ3v) is 11.1. The predicted octanol–water partition coefficient (Wildman–Crippen LogP) is 3.56. The summed E-state index contributed by atoms with van der Waals surface area (Å²) in [6.07, 6.45) is 0.577. The lowest BCUT2D eigenvalue weighted by atomic mass is 9.61. The summed E-state index contributed by atoms with van der Waals surface area (Å²) in [5.74, 6) is 0.554. The van der Waals surface area contributed by atoms with Gasteiger partial charge in [0, 0.05) is 5.41 Å². The molecule has 154 valence electrons. The molecule has 8 nitrogen and oxygen atoms in total. The number of rotatable bonds is 8. The lowest BCUT2D eigenvalue weighted by molar-refractivity contribution is 0.00982. The fourth-order valence-electron chi connectivity index (χ4n) is 4.85. The van der Waals surface area contributed by atoms with Crippen molar-refractivity contribution in [1.82, 2.24) is 0 Å². The molecule has 1 rings (SSSR count). The topological polar surface area (TPSA) is 134 Å². The van der Waals surface area contributed by atoms with Crippen LogP contribution in [0.4, 0.5) is 0 Å². The standard InChI is InChI=1S/C16H32O8P2/c1-7-14(8-2)11-16(25(17,18)19,26(20,21)22)15(9-3,10-4)13(24-6)12(14)23-5/h7-11H2,1-6H3,(H2,17,18,19)(H2,20,21,22). The van der Waals surface area contributed by atoms with E-state index in [1.165, 1.54) is 14.2 Å². The van der Waals surface area contributed by atoms with Crippen LogP contribution in [0, 0.1) is 10.8 Å². The van der Waals surface area contributed by atoms with Crippen LogP contribution < -0.4 is 0 Å². The summed E-state index contributed by atoms with van der Waals surface area (Å²) in [4.78, 5) is 38.7. The van der Waals surface area contributed by atoms with E-state index in [2.05, 4.69) is 0 Å². The van der Waals surface area contributed by atoms with Gasteiger partial charge in [-0.3, -0.25) is 9.13 Å². The minimum Gasteiger partial charge on any atom is -0.497 e. The van der Waals surface area contributed by atoms with Crippen molar-refractivity contribution in [2.24, 2.45) is 10.8 Å². The van der Waals surface area contributed by atoms with E-state index in [-0.39, 0.29) is 25.0 Å². The van der Waals surface area contributed by atoms with E-state index in [1.54, 1.807) is 13.8 Å². The highest BCUT2D eigenvalue weighted by Gasteiger charge is 2.76. The first-order chi connectivity index (χ1) is 11.8. The quantitative estimate of drug-likeness (QED) is 0.443. The predicted molar refractivity (Wildman–Crippen MR) is 98.5 cm³/mol. The minimum atomic E-state index is -5.27. The first-order valence-corrected chi connectivity index (χ1v) is 12.0. The maximum Gasteiger partial charge on any atom is 0.344 e. The Morgan fingerprint density at radius 2 is 1.19 bits per heavy atom. The van der Waals surface area contributed by atoms with Crippen molar-refractivity contribution in [1.29, 1.82) is 0 Å². The highest BCUT2D eigenvalue weighted by atomic mass is 31.2. The normalized spacial score (nSPS) is 22.2. The highest BCUT2D eigenvalue weighted by molar-refractivity contribution is 7.72. The molecule has 26 heavy (non-hydrogen) atoms. The van der Waals surface area contributed by atoms with Gasteiger partial charge in [-0.2, -0.15) is 0 Å². The van der Waals surface area contributed by atoms with Crippen LogP contribution >= 0.6 is 15.2 Å². The molecule has 0 radical (unpaired) electrons. The Hall–Kier alpha value is -0.360. The Morgan fingerprint density at radius 1 is 0.808 bits per heavy atom. The molecule has 0 unspecified atom stereocenters. The number of ether oxygens (including phenoxy) is 2. The van der Waals surface area contributed by atoms with Crippen LogP contribution in [0.1, 0.15) is 59.8 Å². The van der Waals surface area contributed by atoms with Gasteiger partial charge in [-0.25, -0.2) is 0 Å². The molecule has 1 aliphatic rings. The molecule has 0 bridgehead atoms. The van der Waals surface area contributed by atoms with Gasteiger partial charge in [0.25, 0.3) is 0 Å². The van der Waals surface area contributed by atoms with Crippen LogP contribution in [0.5, 0.6) is 0 Å². The molecular formula is C16H32O8P2. The van der Waals surface area contributed by atoms with E-state index in [0.29, 0.717) is 18.6 Å². The Balaban J connectivity index is 4.25. The fraction of sp³-hybridized carbons (Fsp3) is 0.875. The van der Waals surface area contributed by atoms with Crippen molar-refractivity contribution in [2.75, 3.05) is 14.2 Å². The average molecular weight is 414 g/mol. The number of allylic oxidation sites excluding steroid dienone is 2. The van der Waals surface area contributed by atoms with E-state index < -0.39 is 30.9 Å². The SMILES string of the molecule is CCC1(CC)CC(P(=O)(O)O)(P(=O)(O)O)C(CC)(CC)C(OC)=C1OC. The molecule has 0 saturated carbocycles. The lowest BCUT2D eigenvalue weighted by Crippen LogP contribution is -2.56. The van der Waals surface area contributed by atoms with Crippen LogP contribution in [0.15, 0.2) is 11.5 Å². The molecule has 0 aromatic heterocycles. The molecule has 1 aliphatic carbocycles. The molecule has 0 heterocycles. The molecular weight excluding hydrogens is 382 g/mol. The zero-order valence-electron chi connectivity index (χ0n) is 16.4. The zero-order chi connectivity index (χ0) is 20.6. The first-order valence-electron chi connectivity index (χ1n) is 8.79. The highest BCUT2D eigenvalue weighted by Crippen LogP contribution is 2.83. The largest absolute Gasteiger partial charge is 0.497 e. The fourth-order valence-corrected chi connectivity index (χ4v) is 9.18. The summed E-state index contributed by atoms with van der Waals surface area (Å²) >= 11 is 0. The molecule has 0 atom stereocenters. The summed E-state index contributed by atoms with van der Waals surface area (Å²) in [6, 6.07) is 0. The first kappa shape index (κ1) is 23.7. The van der Waals surface area contributed by atoms with Crippen LogP contribution in [0.25, 0.3) is 0 Å². The smallest absolute Gasteiger partial charge is 0.344 e. The average Bonchev–Trinajstić information content (AvgIpc) is 2.57. The summed E-state index contributed by atoms with van der Waals surface area (Å²) < 4.78 is 36.7. The molecule has 0 aromatic carbocycles. The summed E-state index contributed by atoms with van der Waals surface area (Å²) in [7, 11) is -7.75. The number of hydrogen-bond donors (Lipinski definition) is 4. The van der Waals surface area contributed by atoms with Crippen LogP contribution in [0.2, 0.25) is 0 Å². The maximum atomic E-state index is 12.7. The second-order valence-electron chi connectivity index (χ2n) is 6.92. The van der Waals surface area contributed by atoms with Crippen molar-refractivity contribution in [3.05, 3.63) is 11.5 Å². The molecule has 0 aromatic rings. The van der Waals surface area contributed by atoms with Gasteiger partial charge in [-0.1, -0.05) is 27.7 Å². The Kier molecular flexibility index (Phi) is 6.90. The van der Waals surface area contributed by atoms with Gasteiger partial charge in [0.05, 0.1) is 19.6 Å². The van der Waals surface area contributed by atoms with E-state index in [0.717, 1.165) is 0 Å². The van der Waals surface area contributed by atoms with Gasteiger partial charge in [0.15, 0.2) is 4.90 Å². The summed E-state index contributed by atoms with van der Waals surface area (Å²) in [5.41, 5.74) is -2.50. The number of hydrogen-bond acceptors (Lipinski definition) is 4. The molecule has 0 saturated heterocycles. The summed E-state index contributed by atoms with van der Waals surface area (Å²) in [5, 5.41) is 0. The Bertz CT molecular complexity index is 615. The van der Waals surface area contributed by atoms with Crippen molar-refractivity contribution >= 4 is 15.2 Å². The van der Waals surface area contributed by atoms with E-state index in [1.807, 2.05) is 13.8 Å². The van der Waals surface area contributed by atoms with Gasteiger partial charge >= 0.3 is 15.2 Å². The second-order valence-corrected chi connectivity index (χ2v) is 11.0. The van der Waals surface area contributed by atoms with E-state index in [4.69, 9.17) is 9.47 Å². The monoisotopic (exact) mass is 414 g/mol. The van der Waals surface area contributed by atoms with Crippen molar-refractivity contribution < 1.29 is 38.2 Å². The van der Waals surface area contributed by atoms with Gasteiger partial charge in [0.1, 0.15) is 11.5 Å². The van der Waals surface area contributed by atoms with Gasteiger partial charge < -0.3 is 29.0 Å². The third kappa shape index (κ3) is 2.90. The third-order valence-electron chi connectivity index (χ3n) is 6.41. The van der Waals surface area contributed by atoms with Crippen molar-refractivity contribution in [3.63, 3.8) is 0 Å².